The molecule has 0 aliphatic carbocycles. The van der Waals surface area contributed by atoms with Crippen molar-refractivity contribution in [2.45, 2.75) is 43.7 Å². The fourth-order valence-corrected chi connectivity index (χ4v) is 6.66. The van der Waals surface area contributed by atoms with Gasteiger partial charge in [0.25, 0.3) is 0 Å². The van der Waals surface area contributed by atoms with Crippen LogP contribution < -0.4 is 10.2 Å². The first kappa shape index (κ1) is 28.0. The number of nitrogens with one attached hydrogen (secondary N) is 1. The molecule has 0 aromatic heterocycles. The van der Waals surface area contributed by atoms with E-state index in [1.54, 1.807) is 30.3 Å². The van der Waals surface area contributed by atoms with Gasteiger partial charge < -0.3 is 15.5 Å². The summed E-state index contributed by atoms with van der Waals surface area (Å²) in [6.45, 7) is 1.92. The fraction of sp³-hybridized carbons (Fsp3) is 0.321. The van der Waals surface area contributed by atoms with E-state index < -0.39 is 46.5 Å². The van der Waals surface area contributed by atoms with Crippen LogP contribution in [0.1, 0.15) is 35.2 Å². The molecule has 38 heavy (non-hydrogen) atoms. The zero-order valence-corrected chi connectivity index (χ0v) is 21.7. The average molecular weight is 547 g/mol. The Labute approximate surface area is 222 Å². The number of nitrogens with zero attached hydrogens (tertiary/aromatic N) is 1. The summed E-state index contributed by atoms with van der Waals surface area (Å²) >= 11 is 0. The Hall–Kier alpha value is -3.02. The molecule has 1 aliphatic rings. The highest BCUT2D eigenvalue weighted by Gasteiger charge is 2.34. The van der Waals surface area contributed by atoms with Crippen molar-refractivity contribution in [1.82, 2.24) is 5.32 Å². The minimum Gasteiger partial charge on any atom is -0.465 e. The predicted molar refractivity (Wildman–Crippen MR) is 145 cm³/mol. The quantitative estimate of drug-likeness (QED) is 0.240. The number of anilines is 1. The molecule has 3 aromatic carbocycles. The molecule has 10 heteroatoms. The monoisotopic (exact) mass is 546 g/mol. The van der Waals surface area contributed by atoms with E-state index in [1.807, 2.05) is 25.1 Å². The van der Waals surface area contributed by atoms with E-state index >= 15 is 0 Å². The first-order chi connectivity index (χ1) is 18.1. The molecule has 0 radical (unpaired) electrons. The van der Waals surface area contributed by atoms with E-state index in [2.05, 4.69) is 5.32 Å². The van der Waals surface area contributed by atoms with Gasteiger partial charge in [0.1, 0.15) is 11.6 Å². The summed E-state index contributed by atoms with van der Waals surface area (Å²) in [7, 11) is -2.90. The molecule has 0 saturated heterocycles. The van der Waals surface area contributed by atoms with E-state index in [1.165, 1.54) is 0 Å². The number of hydrogen-bond acceptors (Lipinski definition) is 5. The molecule has 3 aromatic rings. The number of rotatable bonds is 9. The zero-order valence-electron chi connectivity index (χ0n) is 20.9. The topological polar surface area (TPSA) is 113 Å². The zero-order chi connectivity index (χ0) is 27.4. The van der Waals surface area contributed by atoms with Crippen LogP contribution in [0.2, 0.25) is 0 Å². The van der Waals surface area contributed by atoms with E-state index in [-0.39, 0.29) is 30.0 Å². The summed E-state index contributed by atoms with van der Waals surface area (Å²) < 4.78 is 48.9. The number of amides is 1. The van der Waals surface area contributed by atoms with Crippen LogP contribution in [0, 0.1) is 11.6 Å². The number of benzene rings is 3. The summed E-state index contributed by atoms with van der Waals surface area (Å²) in [6.07, 6.45) is -1.99. The molecule has 0 spiro atoms. The van der Waals surface area contributed by atoms with Gasteiger partial charge in [0.05, 0.1) is 29.7 Å². The Balaban J connectivity index is 1.63. The minimum absolute atomic E-state index is 0.0565. The molecular formula is C28H32F2N2O5S. The van der Waals surface area contributed by atoms with E-state index in [9.17, 15) is 32.9 Å². The lowest BCUT2D eigenvalue weighted by Crippen LogP contribution is -2.52. The van der Waals surface area contributed by atoms with Gasteiger partial charge in [-0.05, 0) is 59.4 Å². The van der Waals surface area contributed by atoms with Crippen LogP contribution in [-0.4, -0.2) is 49.9 Å². The third-order valence-corrected chi connectivity index (χ3v) is 8.41. The molecule has 3 atom stereocenters. The van der Waals surface area contributed by atoms with Gasteiger partial charge in [-0.3, -0.25) is 14.0 Å². The van der Waals surface area contributed by atoms with Crippen molar-refractivity contribution in [1.29, 1.82) is 0 Å². The van der Waals surface area contributed by atoms with Gasteiger partial charge in [-0.2, -0.15) is 10.6 Å². The molecule has 7 nitrogen and oxygen atoms in total. The second-order valence-corrected chi connectivity index (χ2v) is 11.8. The predicted octanol–water partition coefficient (Wildman–Crippen LogP) is 5.58. The summed E-state index contributed by atoms with van der Waals surface area (Å²) in [6, 6.07) is 15.4. The van der Waals surface area contributed by atoms with Crippen LogP contribution in [0.15, 0.2) is 66.7 Å². The first-order valence-corrected chi connectivity index (χ1v) is 14.2. The number of carbonyl (C=O) groups is 1. The van der Waals surface area contributed by atoms with Crippen LogP contribution in [0.5, 0.6) is 0 Å². The standard InChI is InChI=1S/C28H32F2N2O5S/c1-2-18-8-9-20-16-38(36,37)17-25(24(20)12-18)31-15-27(33)26(13-19-10-21(29)14-22(30)11-19)32(28(34)35)23-6-4-3-5-7-23/h3-12,14,25-27,31,33,36-37H,2,13,15-17H2,1H3,(H,34,35)/t25-,26-,27-/m0/s1. The maximum Gasteiger partial charge on any atom is 0.412 e. The number of halogens is 2. The maximum absolute atomic E-state index is 13.9. The molecule has 0 saturated carbocycles. The third-order valence-electron chi connectivity index (χ3n) is 6.77. The van der Waals surface area contributed by atoms with Gasteiger partial charge in [0.2, 0.25) is 0 Å². The molecule has 1 heterocycles. The molecule has 0 fully saturated rings. The van der Waals surface area contributed by atoms with Gasteiger partial charge in [-0.1, -0.05) is 43.3 Å². The molecule has 0 unspecified atom stereocenters. The van der Waals surface area contributed by atoms with Crippen LogP contribution in [-0.2, 0) is 18.6 Å². The van der Waals surface area contributed by atoms with Crippen molar-refractivity contribution in [2.24, 2.45) is 0 Å². The number of aliphatic hydroxyl groups is 1. The molecule has 5 N–H and O–H groups in total. The van der Waals surface area contributed by atoms with Crippen molar-refractivity contribution < 1.29 is 32.9 Å². The lowest BCUT2D eigenvalue weighted by Gasteiger charge is -2.42. The van der Waals surface area contributed by atoms with E-state index in [0.717, 1.165) is 46.2 Å². The largest absolute Gasteiger partial charge is 0.465 e. The maximum atomic E-state index is 13.9. The van der Waals surface area contributed by atoms with Crippen LogP contribution in [0.4, 0.5) is 19.3 Å². The Kier molecular flexibility index (Phi) is 8.69. The van der Waals surface area contributed by atoms with Crippen molar-refractivity contribution in [3.8, 4) is 0 Å². The second-order valence-electron chi connectivity index (χ2n) is 9.57. The smallest absolute Gasteiger partial charge is 0.412 e. The Morgan fingerprint density at radius 2 is 1.74 bits per heavy atom. The van der Waals surface area contributed by atoms with Gasteiger partial charge in [0, 0.05) is 18.3 Å². The first-order valence-electron chi connectivity index (χ1n) is 12.3. The number of aryl methyl sites for hydroxylation is 1. The highest BCUT2D eigenvalue weighted by Crippen LogP contribution is 2.50. The lowest BCUT2D eigenvalue weighted by molar-refractivity contribution is 0.128. The van der Waals surface area contributed by atoms with Gasteiger partial charge in [-0.15, -0.1) is 0 Å². The number of hydrogen-bond donors (Lipinski definition) is 5. The van der Waals surface area contributed by atoms with Crippen LogP contribution in [0.25, 0.3) is 0 Å². The van der Waals surface area contributed by atoms with Crippen molar-refractivity contribution in [3.63, 3.8) is 0 Å². The molecule has 4 rings (SSSR count). The van der Waals surface area contributed by atoms with Crippen molar-refractivity contribution in [3.05, 3.63) is 101 Å². The Morgan fingerprint density at radius 1 is 1.05 bits per heavy atom. The highest BCUT2D eigenvalue weighted by atomic mass is 32.3. The van der Waals surface area contributed by atoms with Crippen LogP contribution in [0.3, 0.4) is 0 Å². The van der Waals surface area contributed by atoms with Gasteiger partial charge in [0.15, 0.2) is 0 Å². The lowest BCUT2D eigenvalue weighted by atomic mass is 9.96. The van der Waals surface area contributed by atoms with Crippen molar-refractivity contribution in [2.75, 3.05) is 17.2 Å². The Bertz CT molecular complexity index is 1260. The minimum atomic E-state index is -2.90. The van der Waals surface area contributed by atoms with E-state index in [4.69, 9.17) is 0 Å². The summed E-state index contributed by atoms with van der Waals surface area (Å²) in [5, 5.41) is 24.6. The van der Waals surface area contributed by atoms with E-state index in [0.29, 0.717) is 5.69 Å². The molecule has 1 amide bonds. The normalized spacial score (nSPS) is 18.7. The molecule has 0 bridgehead atoms. The summed E-state index contributed by atoms with van der Waals surface area (Å²) in [4.78, 5) is 13.4. The average Bonchev–Trinajstić information content (AvgIpc) is 2.85. The molecule has 204 valence electrons. The SMILES string of the molecule is CCc1ccc2c(c1)[C@@H](NC[C@H](O)[C@H](Cc1cc(F)cc(F)c1)N(C(=O)O)c1ccccc1)CS(O)(O)C2. The number of carboxylic acid groups (broad SMARTS) is 1. The number of aliphatic hydroxyl groups excluding tert-OH is 1. The second kappa shape index (κ2) is 11.8. The molecular weight excluding hydrogens is 514 g/mol. The summed E-state index contributed by atoms with van der Waals surface area (Å²) in [5.74, 6) is -1.39. The molecule has 1 aliphatic heterocycles. The van der Waals surface area contributed by atoms with Gasteiger partial charge in [-0.25, -0.2) is 13.6 Å². The number of para-hydroxylation sites is 1. The highest BCUT2D eigenvalue weighted by molar-refractivity contribution is 8.23. The number of fused-ring (bicyclic) bond motifs is 1. The van der Waals surface area contributed by atoms with Gasteiger partial charge >= 0.3 is 6.09 Å². The Morgan fingerprint density at radius 3 is 2.37 bits per heavy atom. The van der Waals surface area contributed by atoms with Crippen LogP contribution >= 0.6 is 10.6 Å². The summed E-state index contributed by atoms with van der Waals surface area (Å²) in [5.41, 5.74) is 3.29. The fourth-order valence-electron chi connectivity index (χ4n) is 4.95. The third kappa shape index (κ3) is 6.69. The van der Waals surface area contributed by atoms with Crippen molar-refractivity contribution >= 4 is 22.4 Å².